The van der Waals surface area contributed by atoms with E-state index in [-0.39, 0.29) is 0 Å². The second-order valence-corrected chi connectivity index (χ2v) is 4.11. The second kappa shape index (κ2) is 5.14. The lowest BCUT2D eigenvalue weighted by atomic mass is 10.2. The molecule has 2 rings (SSSR count). The summed E-state index contributed by atoms with van der Waals surface area (Å²) in [5.74, 6) is 1.83. The molecule has 92 valence electrons. The van der Waals surface area contributed by atoms with E-state index in [0.29, 0.717) is 23.5 Å². The van der Waals surface area contributed by atoms with E-state index in [2.05, 4.69) is 29.3 Å². The van der Waals surface area contributed by atoms with E-state index in [4.69, 9.17) is 8.94 Å². The molecule has 0 saturated carbocycles. The van der Waals surface area contributed by atoms with Gasteiger partial charge in [-0.2, -0.15) is 4.98 Å². The molecule has 1 unspecified atom stereocenters. The zero-order valence-corrected chi connectivity index (χ0v) is 10.4. The van der Waals surface area contributed by atoms with Gasteiger partial charge in [-0.15, -0.1) is 0 Å². The van der Waals surface area contributed by atoms with Crippen LogP contribution < -0.4 is 5.32 Å². The van der Waals surface area contributed by atoms with Crippen LogP contribution in [0.15, 0.2) is 21.3 Å². The Kier molecular flexibility index (Phi) is 3.58. The van der Waals surface area contributed by atoms with E-state index in [1.54, 1.807) is 6.26 Å². The molecule has 2 aromatic heterocycles. The summed E-state index contributed by atoms with van der Waals surface area (Å²) in [6.07, 6.45) is 2.35. The molecule has 0 spiro atoms. The Balaban J connectivity index is 2.09. The van der Waals surface area contributed by atoms with Crippen molar-refractivity contribution in [1.29, 1.82) is 0 Å². The van der Waals surface area contributed by atoms with Gasteiger partial charge < -0.3 is 14.3 Å². The highest BCUT2D eigenvalue weighted by Crippen LogP contribution is 2.21. The predicted molar refractivity (Wildman–Crippen MR) is 63.6 cm³/mol. The highest BCUT2D eigenvalue weighted by molar-refractivity contribution is 5.50. The molecule has 0 bridgehead atoms. The minimum Gasteiger partial charge on any atom is -0.461 e. The number of nitrogens with one attached hydrogen (secondary N) is 1. The minimum absolute atomic E-state index is 0.325. The maximum atomic E-state index is 5.32. The minimum atomic E-state index is 0.325. The van der Waals surface area contributed by atoms with Gasteiger partial charge in [-0.3, -0.25) is 0 Å². The van der Waals surface area contributed by atoms with Crippen LogP contribution in [-0.2, 0) is 6.42 Å². The zero-order valence-electron chi connectivity index (χ0n) is 10.4. The van der Waals surface area contributed by atoms with Crippen LogP contribution in [0.4, 0.5) is 0 Å². The summed E-state index contributed by atoms with van der Waals surface area (Å²) in [7, 11) is 0. The van der Waals surface area contributed by atoms with Gasteiger partial charge in [-0.05, 0) is 32.0 Å². The lowest BCUT2D eigenvalue weighted by molar-refractivity contribution is 0.362. The summed E-state index contributed by atoms with van der Waals surface area (Å²) in [6, 6.07) is 2.21. The van der Waals surface area contributed by atoms with Crippen molar-refractivity contribution >= 4 is 0 Å². The monoisotopic (exact) mass is 235 g/mol. The standard InChI is InChI=1S/C12H17N3O2/c1-4-13-9(3)7-10-14-12(15-17-10)11-8(2)5-6-16-11/h5-6,9,13H,4,7H2,1-3H3. The van der Waals surface area contributed by atoms with Crippen LogP contribution in [-0.4, -0.2) is 22.7 Å². The molecule has 0 aliphatic carbocycles. The van der Waals surface area contributed by atoms with Crippen LogP contribution in [0.2, 0.25) is 0 Å². The van der Waals surface area contributed by atoms with Crippen LogP contribution in [0.25, 0.3) is 11.6 Å². The Morgan fingerprint density at radius 1 is 1.47 bits per heavy atom. The molecule has 5 nitrogen and oxygen atoms in total. The first-order valence-corrected chi connectivity index (χ1v) is 5.81. The SMILES string of the molecule is CCNC(C)Cc1nc(-c2occc2C)no1. The average molecular weight is 235 g/mol. The first-order valence-electron chi connectivity index (χ1n) is 5.81. The summed E-state index contributed by atoms with van der Waals surface area (Å²) in [4.78, 5) is 4.32. The highest BCUT2D eigenvalue weighted by Gasteiger charge is 2.15. The molecule has 0 radical (unpaired) electrons. The molecule has 0 aliphatic rings. The quantitative estimate of drug-likeness (QED) is 0.860. The molecule has 0 aromatic carbocycles. The Bertz CT molecular complexity index is 476. The molecule has 0 saturated heterocycles. The number of aromatic nitrogens is 2. The fourth-order valence-electron chi connectivity index (χ4n) is 1.71. The van der Waals surface area contributed by atoms with Crippen molar-refractivity contribution < 1.29 is 8.94 Å². The van der Waals surface area contributed by atoms with Crippen molar-refractivity contribution in [1.82, 2.24) is 15.5 Å². The third-order valence-corrected chi connectivity index (χ3v) is 2.57. The first kappa shape index (κ1) is 11.9. The largest absolute Gasteiger partial charge is 0.461 e. The van der Waals surface area contributed by atoms with Gasteiger partial charge in [0, 0.05) is 12.5 Å². The predicted octanol–water partition coefficient (Wildman–Crippen LogP) is 2.18. The number of likely N-dealkylation sites (N-methyl/N-ethyl adjacent to an activating group) is 1. The Hall–Kier alpha value is -1.62. The van der Waals surface area contributed by atoms with Gasteiger partial charge in [0.2, 0.25) is 11.7 Å². The van der Waals surface area contributed by atoms with Gasteiger partial charge in [0.1, 0.15) is 0 Å². The van der Waals surface area contributed by atoms with Gasteiger partial charge in [-0.25, -0.2) is 0 Å². The lowest BCUT2D eigenvalue weighted by Crippen LogP contribution is -2.27. The van der Waals surface area contributed by atoms with Crippen molar-refractivity contribution in [2.24, 2.45) is 0 Å². The van der Waals surface area contributed by atoms with E-state index in [9.17, 15) is 0 Å². The third kappa shape index (κ3) is 2.74. The maximum Gasteiger partial charge on any atom is 0.238 e. The van der Waals surface area contributed by atoms with E-state index in [1.165, 1.54) is 0 Å². The zero-order chi connectivity index (χ0) is 12.3. The van der Waals surface area contributed by atoms with E-state index >= 15 is 0 Å². The summed E-state index contributed by atoms with van der Waals surface area (Å²) in [5, 5.41) is 7.22. The molecule has 2 aromatic rings. The highest BCUT2D eigenvalue weighted by atomic mass is 16.5. The van der Waals surface area contributed by atoms with Gasteiger partial charge >= 0.3 is 0 Å². The van der Waals surface area contributed by atoms with Gasteiger partial charge in [-0.1, -0.05) is 12.1 Å². The van der Waals surface area contributed by atoms with Crippen LogP contribution in [0, 0.1) is 6.92 Å². The number of hydrogen-bond acceptors (Lipinski definition) is 5. The first-order chi connectivity index (χ1) is 8.20. The summed E-state index contributed by atoms with van der Waals surface area (Å²) < 4.78 is 10.5. The number of hydrogen-bond donors (Lipinski definition) is 1. The molecule has 2 heterocycles. The van der Waals surface area contributed by atoms with Crippen LogP contribution in [0.5, 0.6) is 0 Å². The smallest absolute Gasteiger partial charge is 0.238 e. The number of nitrogens with zero attached hydrogens (tertiary/aromatic N) is 2. The second-order valence-electron chi connectivity index (χ2n) is 4.11. The van der Waals surface area contributed by atoms with Crippen LogP contribution in [0.3, 0.4) is 0 Å². The Morgan fingerprint density at radius 2 is 2.29 bits per heavy atom. The molecule has 17 heavy (non-hydrogen) atoms. The average Bonchev–Trinajstić information content (AvgIpc) is 2.87. The van der Waals surface area contributed by atoms with Crippen LogP contribution in [0.1, 0.15) is 25.3 Å². The van der Waals surface area contributed by atoms with Crippen molar-refractivity contribution in [2.75, 3.05) is 6.54 Å². The topological polar surface area (TPSA) is 64.1 Å². The molecule has 0 fully saturated rings. The van der Waals surface area contributed by atoms with E-state index < -0.39 is 0 Å². The molecule has 0 aliphatic heterocycles. The summed E-state index contributed by atoms with van der Waals surface area (Å²) in [5.41, 5.74) is 1.01. The normalized spacial score (nSPS) is 12.9. The number of furan rings is 1. The van der Waals surface area contributed by atoms with Crippen LogP contribution >= 0.6 is 0 Å². The van der Waals surface area contributed by atoms with Gasteiger partial charge in [0.25, 0.3) is 0 Å². The molecule has 1 N–H and O–H groups in total. The molecular weight excluding hydrogens is 218 g/mol. The van der Waals surface area contributed by atoms with E-state index in [1.807, 2.05) is 13.0 Å². The number of aryl methyl sites for hydroxylation is 1. The summed E-state index contributed by atoms with van der Waals surface area (Å²) >= 11 is 0. The Labute approximate surface area is 100 Å². The lowest BCUT2D eigenvalue weighted by Gasteiger charge is -2.07. The van der Waals surface area contributed by atoms with Crippen molar-refractivity contribution in [3.05, 3.63) is 23.8 Å². The molecule has 0 amide bonds. The third-order valence-electron chi connectivity index (χ3n) is 2.57. The maximum absolute atomic E-state index is 5.32. The van der Waals surface area contributed by atoms with Crippen molar-refractivity contribution in [3.63, 3.8) is 0 Å². The summed E-state index contributed by atoms with van der Waals surface area (Å²) in [6.45, 7) is 7.04. The van der Waals surface area contributed by atoms with Gasteiger partial charge in [0.15, 0.2) is 5.76 Å². The molecule has 5 heteroatoms. The molecular formula is C12H17N3O2. The Morgan fingerprint density at radius 3 is 2.94 bits per heavy atom. The van der Waals surface area contributed by atoms with Crippen molar-refractivity contribution in [3.8, 4) is 11.6 Å². The van der Waals surface area contributed by atoms with Gasteiger partial charge in [0.05, 0.1) is 6.26 Å². The van der Waals surface area contributed by atoms with E-state index in [0.717, 1.165) is 18.5 Å². The fourth-order valence-corrected chi connectivity index (χ4v) is 1.71. The van der Waals surface area contributed by atoms with Crippen molar-refractivity contribution in [2.45, 2.75) is 33.2 Å². The fraction of sp³-hybridized carbons (Fsp3) is 0.500. The molecule has 1 atom stereocenters. The number of rotatable bonds is 5.